The zero-order valence-electron chi connectivity index (χ0n) is 29.6. The Morgan fingerprint density at radius 3 is 2.55 bits per heavy atom. The van der Waals surface area contributed by atoms with Crippen LogP contribution >= 0.6 is 0 Å². The summed E-state index contributed by atoms with van der Waals surface area (Å²) >= 11 is 0. The van der Waals surface area contributed by atoms with Crippen LogP contribution in [0, 0.1) is 5.92 Å². The number of fused-ring (bicyclic) bond motifs is 2. The number of ether oxygens (including phenoxy) is 7. The number of hydrogen-bond acceptors (Lipinski definition) is 11. The molecule has 0 aliphatic carbocycles. The van der Waals surface area contributed by atoms with E-state index in [0.29, 0.717) is 30.0 Å². The number of rotatable bonds is 9. The van der Waals surface area contributed by atoms with Gasteiger partial charge in [0.25, 0.3) is 0 Å². The van der Waals surface area contributed by atoms with E-state index in [4.69, 9.17) is 33.2 Å². The largest absolute Gasteiger partial charge is 0.493 e. The van der Waals surface area contributed by atoms with Crippen LogP contribution in [0.2, 0.25) is 0 Å². The lowest BCUT2D eigenvalue weighted by molar-refractivity contribution is -0.152. The number of benzene rings is 1. The number of nitrogens with zero attached hydrogens (tertiary/aromatic N) is 2. The smallest absolute Gasteiger partial charge is 0.416 e. The lowest BCUT2D eigenvalue weighted by Gasteiger charge is -2.26. The number of ketones is 1. The predicted octanol–water partition coefficient (Wildman–Crippen LogP) is 6.52. The Morgan fingerprint density at radius 2 is 1.86 bits per heavy atom. The fourth-order valence-electron chi connectivity index (χ4n) is 5.23. The SMILES string of the molecule is COCOc1cc(OCCCN(C(=O)OC(C)(C)C)c2ccccn2)cc2c1C(=O)OC(C)[C@H](C)/C=C\C(=O)C1OC(C)(C)OC1CC=C2. The molecule has 4 atom stereocenters. The third-order valence-electron chi connectivity index (χ3n) is 7.70. The molecule has 266 valence electrons. The lowest BCUT2D eigenvalue weighted by atomic mass is 9.99. The first-order chi connectivity index (χ1) is 23.2. The third-order valence-corrected chi connectivity index (χ3v) is 7.70. The van der Waals surface area contributed by atoms with Gasteiger partial charge in [-0.1, -0.05) is 31.2 Å². The number of pyridine rings is 1. The Labute approximate surface area is 288 Å². The molecule has 1 aromatic carbocycles. The van der Waals surface area contributed by atoms with E-state index >= 15 is 0 Å². The Hall–Kier alpha value is -4.26. The first kappa shape index (κ1) is 37.6. The maximum absolute atomic E-state index is 13.7. The van der Waals surface area contributed by atoms with Crippen molar-refractivity contribution in [1.29, 1.82) is 0 Å². The minimum Gasteiger partial charge on any atom is -0.493 e. The molecule has 12 nitrogen and oxygen atoms in total. The van der Waals surface area contributed by atoms with E-state index < -0.39 is 41.8 Å². The fraction of sp³-hybridized carbons (Fsp3) is 0.514. The fourth-order valence-corrected chi connectivity index (χ4v) is 5.23. The summed E-state index contributed by atoms with van der Waals surface area (Å²) in [6.45, 7) is 13.0. The van der Waals surface area contributed by atoms with Gasteiger partial charge in [0.2, 0.25) is 0 Å². The number of carbonyl (C=O) groups excluding carboxylic acids is 3. The molecule has 1 fully saturated rings. The summed E-state index contributed by atoms with van der Waals surface area (Å²) < 4.78 is 40.7. The zero-order chi connectivity index (χ0) is 35.8. The number of hydrogen-bond donors (Lipinski definition) is 0. The summed E-state index contributed by atoms with van der Waals surface area (Å²) in [6, 6.07) is 8.64. The molecule has 0 saturated carbocycles. The molecule has 0 bridgehead atoms. The third kappa shape index (κ3) is 10.6. The van der Waals surface area contributed by atoms with Gasteiger partial charge in [0.15, 0.2) is 18.4 Å². The van der Waals surface area contributed by atoms with Crippen LogP contribution in [0.15, 0.2) is 54.8 Å². The molecule has 2 aliphatic rings. The van der Waals surface area contributed by atoms with Crippen molar-refractivity contribution in [2.75, 3.05) is 32.0 Å². The maximum Gasteiger partial charge on any atom is 0.416 e. The Morgan fingerprint density at radius 1 is 1.08 bits per heavy atom. The van der Waals surface area contributed by atoms with Gasteiger partial charge in [0.05, 0.1) is 12.7 Å². The molecule has 3 unspecified atom stereocenters. The summed E-state index contributed by atoms with van der Waals surface area (Å²) in [4.78, 5) is 45.6. The van der Waals surface area contributed by atoms with Crippen molar-refractivity contribution >= 4 is 29.7 Å². The molecule has 0 N–H and O–H groups in total. The van der Waals surface area contributed by atoms with Crippen LogP contribution in [0.5, 0.6) is 11.5 Å². The predicted molar refractivity (Wildman–Crippen MR) is 183 cm³/mol. The second kappa shape index (κ2) is 16.4. The molecular weight excluding hydrogens is 632 g/mol. The Kier molecular flexibility index (Phi) is 12.6. The molecule has 3 heterocycles. The van der Waals surface area contributed by atoms with Gasteiger partial charge in [-0.3, -0.25) is 9.69 Å². The van der Waals surface area contributed by atoms with Crippen molar-refractivity contribution < 1.29 is 47.5 Å². The number of carbonyl (C=O) groups is 3. The van der Waals surface area contributed by atoms with Gasteiger partial charge in [-0.2, -0.15) is 0 Å². The van der Waals surface area contributed by atoms with E-state index in [9.17, 15) is 14.4 Å². The molecular formula is C37H48N2O10. The number of cyclic esters (lactones) is 1. The molecule has 49 heavy (non-hydrogen) atoms. The molecule has 1 amide bonds. The van der Waals surface area contributed by atoms with Crippen molar-refractivity contribution in [2.24, 2.45) is 5.92 Å². The van der Waals surface area contributed by atoms with E-state index in [1.54, 1.807) is 90.2 Å². The molecule has 12 heteroatoms. The minimum absolute atomic E-state index is 0.122. The highest BCUT2D eigenvalue weighted by Gasteiger charge is 2.43. The average Bonchev–Trinajstić information content (AvgIpc) is 3.35. The topological polar surface area (TPSA) is 132 Å². The highest BCUT2D eigenvalue weighted by atomic mass is 16.8. The lowest BCUT2D eigenvalue weighted by Crippen LogP contribution is -2.38. The maximum atomic E-state index is 13.7. The van der Waals surface area contributed by atoms with Gasteiger partial charge >= 0.3 is 12.1 Å². The molecule has 1 saturated heterocycles. The normalized spacial score (nSPS) is 23.0. The van der Waals surface area contributed by atoms with E-state index in [-0.39, 0.29) is 43.0 Å². The van der Waals surface area contributed by atoms with Gasteiger partial charge in [-0.05, 0) is 84.2 Å². The van der Waals surface area contributed by atoms with E-state index in [1.165, 1.54) is 18.1 Å². The quantitative estimate of drug-likeness (QED) is 0.163. The Balaban J connectivity index is 1.61. The van der Waals surface area contributed by atoms with Crippen molar-refractivity contribution in [3.05, 3.63) is 65.9 Å². The standard InChI is InChI=1S/C37H48N2O10/c1-24-16-17-28(40)33-29(47-37(6,7)48-33)14-11-13-26-21-27(22-30(45-23-43-8)32(26)34(41)46-25(24)2)44-20-12-19-39(31-15-9-10-18-38-31)35(42)49-36(3,4)5/h9-11,13,15-18,21-22,24-25,29,33H,12,14,19-20,23H2,1-8H3/b13-11?,17-16-/t24-,25?,29?,33?/m1/s1. The van der Waals surface area contributed by atoms with Crippen LogP contribution in [-0.2, 0) is 28.5 Å². The van der Waals surface area contributed by atoms with E-state index in [1.807, 2.05) is 13.0 Å². The number of esters is 1. The van der Waals surface area contributed by atoms with Crippen LogP contribution < -0.4 is 14.4 Å². The van der Waals surface area contributed by atoms with E-state index in [2.05, 4.69) is 4.98 Å². The first-order valence-corrected chi connectivity index (χ1v) is 16.5. The molecule has 2 aromatic rings. The van der Waals surface area contributed by atoms with Crippen LogP contribution in [0.1, 0.15) is 77.2 Å². The van der Waals surface area contributed by atoms with Crippen molar-refractivity contribution in [2.45, 2.75) is 91.0 Å². The van der Waals surface area contributed by atoms with Gasteiger partial charge < -0.3 is 33.2 Å². The van der Waals surface area contributed by atoms with E-state index in [0.717, 1.165) is 0 Å². The summed E-state index contributed by atoms with van der Waals surface area (Å²) in [5.74, 6) is -0.934. The van der Waals surface area contributed by atoms with Crippen LogP contribution in [0.25, 0.3) is 6.08 Å². The number of aromatic nitrogens is 1. The molecule has 0 radical (unpaired) electrons. The average molecular weight is 681 g/mol. The highest BCUT2D eigenvalue weighted by Crippen LogP contribution is 2.34. The minimum atomic E-state index is -0.936. The van der Waals surface area contributed by atoms with Gasteiger partial charge in [0.1, 0.15) is 40.7 Å². The number of anilines is 1. The van der Waals surface area contributed by atoms with Crippen molar-refractivity contribution in [3.63, 3.8) is 0 Å². The summed E-state index contributed by atoms with van der Waals surface area (Å²) in [5.41, 5.74) is -0.00598. The second-order valence-electron chi connectivity index (χ2n) is 13.4. The van der Waals surface area contributed by atoms with Crippen molar-refractivity contribution in [1.82, 2.24) is 4.98 Å². The second-order valence-corrected chi connectivity index (χ2v) is 13.4. The molecule has 0 spiro atoms. The summed E-state index contributed by atoms with van der Waals surface area (Å²) in [6.07, 6.45) is 6.73. The molecule has 2 aliphatic heterocycles. The van der Waals surface area contributed by atoms with Gasteiger partial charge in [0, 0.05) is 31.8 Å². The summed E-state index contributed by atoms with van der Waals surface area (Å²) in [7, 11) is 1.48. The number of amides is 1. The molecule has 1 aromatic heterocycles. The van der Waals surface area contributed by atoms with Crippen molar-refractivity contribution in [3.8, 4) is 11.5 Å². The first-order valence-electron chi connectivity index (χ1n) is 16.5. The summed E-state index contributed by atoms with van der Waals surface area (Å²) in [5, 5.41) is 0. The van der Waals surface area contributed by atoms with Crippen LogP contribution in [-0.4, -0.2) is 79.6 Å². The van der Waals surface area contributed by atoms with Crippen LogP contribution in [0.4, 0.5) is 10.6 Å². The highest BCUT2D eigenvalue weighted by molar-refractivity contribution is 5.97. The van der Waals surface area contributed by atoms with Gasteiger partial charge in [-0.15, -0.1) is 0 Å². The van der Waals surface area contributed by atoms with Crippen LogP contribution in [0.3, 0.4) is 0 Å². The number of methoxy groups -OCH3 is 1. The Bertz CT molecular complexity index is 1520. The zero-order valence-corrected chi connectivity index (χ0v) is 29.6. The van der Waals surface area contributed by atoms with Gasteiger partial charge in [-0.25, -0.2) is 14.6 Å². The monoisotopic (exact) mass is 680 g/mol. The molecule has 4 rings (SSSR count).